The van der Waals surface area contributed by atoms with Crippen molar-refractivity contribution >= 4 is 27.5 Å². The zero-order valence-corrected chi connectivity index (χ0v) is 12.9. The largest absolute Gasteiger partial charge is 0.493 e. The standard InChI is InChI=1S/C13H18BrClO2/c1-8(2)5-10(14)9-6-12(16-3)13(17-4)7-11(9)15/h6-8,10H,5H2,1-4H3. The van der Waals surface area contributed by atoms with Crippen LogP contribution in [0.25, 0.3) is 0 Å². The van der Waals surface area contributed by atoms with Crippen LogP contribution in [0.5, 0.6) is 11.5 Å². The van der Waals surface area contributed by atoms with Crippen LogP contribution in [0.1, 0.15) is 30.7 Å². The molecule has 0 N–H and O–H groups in total. The van der Waals surface area contributed by atoms with Gasteiger partial charge in [-0.25, -0.2) is 0 Å². The van der Waals surface area contributed by atoms with Crippen molar-refractivity contribution in [2.75, 3.05) is 14.2 Å². The van der Waals surface area contributed by atoms with Crippen molar-refractivity contribution in [3.8, 4) is 11.5 Å². The van der Waals surface area contributed by atoms with E-state index in [-0.39, 0.29) is 4.83 Å². The van der Waals surface area contributed by atoms with E-state index in [1.807, 2.05) is 6.07 Å². The van der Waals surface area contributed by atoms with E-state index < -0.39 is 0 Å². The Kier molecular flexibility index (Phi) is 5.60. The molecule has 1 rings (SSSR count). The van der Waals surface area contributed by atoms with E-state index in [9.17, 15) is 0 Å². The Morgan fingerprint density at radius 1 is 1.18 bits per heavy atom. The number of benzene rings is 1. The molecule has 0 saturated heterocycles. The lowest BCUT2D eigenvalue weighted by Crippen LogP contribution is -1.99. The molecule has 1 aromatic rings. The van der Waals surface area contributed by atoms with Crippen LogP contribution < -0.4 is 9.47 Å². The van der Waals surface area contributed by atoms with Crippen LogP contribution in [0.3, 0.4) is 0 Å². The van der Waals surface area contributed by atoms with Gasteiger partial charge < -0.3 is 9.47 Å². The summed E-state index contributed by atoms with van der Waals surface area (Å²) in [6.07, 6.45) is 1.02. The summed E-state index contributed by atoms with van der Waals surface area (Å²) in [5.74, 6) is 1.97. The normalized spacial score (nSPS) is 12.6. The van der Waals surface area contributed by atoms with Gasteiger partial charge in [-0.3, -0.25) is 0 Å². The van der Waals surface area contributed by atoms with Crippen LogP contribution in [0.4, 0.5) is 0 Å². The average molecular weight is 322 g/mol. The third kappa shape index (κ3) is 3.78. The lowest BCUT2D eigenvalue weighted by atomic mass is 10.0. The lowest BCUT2D eigenvalue weighted by molar-refractivity contribution is 0.354. The van der Waals surface area contributed by atoms with Gasteiger partial charge in [0.1, 0.15) is 0 Å². The molecule has 0 spiro atoms. The van der Waals surface area contributed by atoms with Gasteiger partial charge in [0.15, 0.2) is 11.5 Å². The van der Waals surface area contributed by atoms with Gasteiger partial charge in [0.2, 0.25) is 0 Å². The summed E-state index contributed by atoms with van der Waals surface area (Å²) >= 11 is 9.92. The molecule has 17 heavy (non-hydrogen) atoms. The summed E-state index contributed by atoms with van der Waals surface area (Å²) in [7, 11) is 3.23. The van der Waals surface area contributed by atoms with Gasteiger partial charge in [0.25, 0.3) is 0 Å². The zero-order valence-electron chi connectivity index (χ0n) is 10.6. The number of alkyl halides is 1. The summed E-state index contributed by atoms with van der Waals surface area (Å²) in [6.45, 7) is 4.37. The zero-order chi connectivity index (χ0) is 13.0. The molecule has 0 fully saturated rings. The van der Waals surface area contributed by atoms with E-state index in [0.29, 0.717) is 22.4 Å². The second kappa shape index (κ2) is 6.50. The third-order valence-corrected chi connectivity index (χ3v) is 3.71. The first kappa shape index (κ1) is 14.7. The molecule has 0 bridgehead atoms. The van der Waals surface area contributed by atoms with Crippen LogP contribution in [0, 0.1) is 5.92 Å². The molecule has 1 unspecified atom stereocenters. The fourth-order valence-electron chi connectivity index (χ4n) is 1.65. The third-order valence-electron chi connectivity index (χ3n) is 2.52. The summed E-state index contributed by atoms with van der Waals surface area (Å²) in [5.41, 5.74) is 1.04. The monoisotopic (exact) mass is 320 g/mol. The van der Waals surface area contributed by atoms with Gasteiger partial charge in [-0.2, -0.15) is 0 Å². The van der Waals surface area contributed by atoms with Crippen LogP contribution >= 0.6 is 27.5 Å². The van der Waals surface area contributed by atoms with Crippen molar-refractivity contribution in [2.24, 2.45) is 5.92 Å². The molecule has 0 radical (unpaired) electrons. The first-order valence-corrected chi connectivity index (χ1v) is 6.84. The second-order valence-electron chi connectivity index (χ2n) is 4.33. The highest BCUT2D eigenvalue weighted by Crippen LogP contribution is 2.40. The predicted octanol–water partition coefficient (Wildman–Crippen LogP) is 4.84. The van der Waals surface area contributed by atoms with E-state index >= 15 is 0 Å². The van der Waals surface area contributed by atoms with E-state index in [1.54, 1.807) is 20.3 Å². The molecule has 1 atom stereocenters. The van der Waals surface area contributed by atoms with Crippen molar-refractivity contribution < 1.29 is 9.47 Å². The molecular formula is C13H18BrClO2. The predicted molar refractivity (Wildman–Crippen MR) is 75.7 cm³/mol. The highest BCUT2D eigenvalue weighted by molar-refractivity contribution is 9.09. The van der Waals surface area contributed by atoms with Crippen LogP contribution in [-0.2, 0) is 0 Å². The smallest absolute Gasteiger partial charge is 0.162 e. The van der Waals surface area contributed by atoms with E-state index in [1.165, 1.54) is 0 Å². The molecule has 1 aromatic carbocycles. The molecule has 0 aliphatic rings. The summed E-state index contributed by atoms with van der Waals surface area (Å²) in [5, 5.41) is 0.699. The molecule has 0 aromatic heterocycles. The van der Waals surface area contributed by atoms with Crippen molar-refractivity contribution in [3.63, 3.8) is 0 Å². The highest BCUT2D eigenvalue weighted by Gasteiger charge is 2.17. The highest BCUT2D eigenvalue weighted by atomic mass is 79.9. The number of ether oxygens (including phenoxy) is 2. The average Bonchev–Trinajstić information content (AvgIpc) is 2.27. The molecule has 0 aliphatic heterocycles. The molecule has 0 heterocycles. The molecule has 96 valence electrons. The topological polar surface area (TPSA) is 18.5 Å². The maximum absolute atomic E-state index is 6.25. The van der Waals surface area contributed by atoms with Gasteiger partial charge >= 0.3 is 0 Å². The SMILES string of the molecule is COc1cc(Cl)c(C(Br)CC(C)C)cc1OC. The first-order valence-electron chi connectivity index (χ1n) is 5.55. The molecule has 0 aliphatic carbocycles. The number of hydrogen-bond donors (Lipinski definition) is 0. The van der Waals surface area contributed by atoms with Gasteiger partial charge in [0.05, 0.1) is 14.2 Å². The minimum Gasteiger partial charge on any atom is -0.493 e. The van der Waals surface area contributed by atoms with Crippen molar-refractivity contribution in [3.05, 3.63) is 22.7 Å². The first-order chi connectivity index (χ1) is 7.99. The Bertz CT molecular complexity index is 380. The quantitative estimate of drug-likeness (QED) is 0.723. The van der Waals surface area contributed by atoms with Gasteiger partial charge in [-0.1, -0.05) is 41.4 Å². The molecule has 0 amide bonds. The summed E-state index contributed by atoms with van der Waals surface area (Å²) in [4.78, 5) is 0.231. The number of rotatable bonds is 5. The van der Waals surface area contributed by atoms with Crippen molar-refractivity contribution in [1.29, 1.82) is 0 Å². The van der Waals surface area contributed by atoms with Crippen LogP contribution in [-0.4, -0.2) is 14.2 Å². The van der Waals surface area contributed by atoms with E-state index in [0.717, 1.165) is 12.0 Å². The van der Waals surface area contributed by atoms with Gasteiger partial charge in [0, 0.05) is 15.9 Å². The molecule has 2 nitrogen and oxygen atoms in total. The Morgan fingerprint density at radius 3 is 2.18 bits per heavy atom. The van der Waals surface area contributed by atoms with E-state index in [2.05, 4.69) is 29.8 Å². The maximum atomic E-state index is 6.25. The Labute approximate surface area is 116 Å². The van der Waals surface area contributed by atoms with Crippen LogP contribution in [0.2, 0.25) is 5.02 Å². The Hall–Kier alpha value is -0.410. The minimum atomic E-state index is 0.231. The summed E-state index contributed by atoms with van der Waals surface area (Å²) in [6, 6.07) is 3.73. The maximum Gasteiger partial charge on any atom is 0.162 e. The summed E-state index contributed by atoms with van der Waals surface area (Å²) < 4.78 is 10.5. The van der Waals surface area contributed by atoms with Gasteiger partial charge in [-0.05, 0) is 24.0 Å². The number of hydrogen-bond acceptors (Lipinski definition) is 2. The second-order valence-corrected chi connectivity index (χ2v) is 5.84. The fourth-order valence-corrected chi connectivity index (χ4v) is 3.19. The minimum absolute atomic E-state index is 0.231. The van der Waals surface area contributed by atoms with Crippen molar-refractivity contribution in [1.82, 2.24) is 0 Å². The van der Waals surface area contributed by atoms with E-state index in [4.69, 9.17) is 21.1 Å². The molecule has 4 heteroatoms. The number of halogens is 2. The van der Waals surface area contributed by atoms with Crippen LogP contribution in [0.15, 0.2) is 12.1 Å². The fraction of sp³-hybridized carbons (Fsp3) is 0.538. The number of methoxy groups -OCH3 is 2. The molecular weight excluding hydrogens is 303 g/mol. The molecule has 0 saturated carbocycles. The lowest BCUT2D eigenvalue weighted by Gasteiger charge is -2.17. The Balaban J connectivity index is 3.07. The van der Waals surface area contributed by atoms with Gasteiger partial charge in [-0.15, -0.1) is 0 Å². The van der Waals surface area contributed by atoms with Crippen molar-refractivity contribution in [2.45, 2.75) is 25.1 Å². The Morgan fingerprint density at radius 2 is 1.71 bits per heavy atom.